The molecule has 0 saturated carbocycles. The number of nitrogens with zero attached hydrogens (tertiary/aromatic N) is 1. The third-order valence-corrected chi connectivity index (χ3v) is 5.28. The summed E-state index contributed by atoms with van der Waals surface area (Å²) in [5, 5.41) is 2.98. The van der Waals surface area contributed by atoms with E-state index in [0.717, 1.165) is 17.0 Å². The van der Waals surface area contributed by atoms with Crippen LogP contribution in [0.1, 0.15) is 5.56 Å². The van der Waals surface area contributed by atoms with Crippen molar-refractivity contribution in [1.29, 1.82) is 0 Å². The summed E-state index contributed by atoms with van der Waals surface area (Å²) in [6.07, 6.45) is 0. The molecule has 9 heteroatoms. The number of amides is 2. The van der Waals surface area contributed by atoms with E-state index in [1.54, 1.807) is 42.5 Å². The van der Waals surface area contributed by atoms with E-state index in [4.69, 9.17) is 14.2 Å². The van der Waals surface area contributed by atoms with Crippen LogP contribution < -0.4 is 24.4 Å². The average molecular weight is 466 g/mol. The van der Waals surface area contributed by atoms with E-state index < -0.39 is 23.4 Å². The summed E-state index contributed by atoms with van der Waals surface area (Å²) >= 11 is 0. The lowest BCUT2D eigenvalue weighted by atomic mass is 10.0. The van der Waals surface area contributed by atoms with Gasteiger partial charge in [-0.25, -0.2) is 13.7 Å². The maximum absolute atomic E-state index is 13.9. The summed E-state index contributed by atoms with van der Waals surface area (Å²) in [6.45, 7) is 0. The highest BCUT2D eigenvalue weighted by Crippen LogP contribution is 2.36. The molecule has 0 atom stereocenters. The number of ether oxygens (including phenoxy) is 3. The normalized spacial score (nSPS) is 13.4. The van der Waals surface area contributed by atoms with Crippen LogP contribution in [0.15, 0.2) is 66.4 Å². The van der Waals surface area contributed by atoms with Crippen molar-refractivity contribution < 1.29 is 32.6 Å². The molecule has 0 aromatic heterocycles. The van der Waals surface area contributed by atoms with E-state index in [0.29, 0.717) is 28.5 Å². The molecule has 0 saturated heterocycles. The van der Waals surface area contributed by atoms with Crippen molar-refractivity contribution in [3.05, 3.63) is 83.6 Å². The van der Waals surface area contributed by atoms with Crippen LogP contribution >= 0.6 is 0 Å². The predicted octanol–water partition coefficient (Wildman–Crippen LogP) is 4.39. The highest BCUT2D eigenvalue weighted by Gasteiger charge is 2.40. The van der Waals surface area contributed by atoms with Gasteiger partial charge in [0.2, 0.25) is 0 Å². The van der Waals surface area contributed by atoms with E-state index in [9.17, 15) is 18.4 Å². The Morgan fingerprint density at radius 2 is 1.44 bits per heavy atom. The smallest absolute Gasteiger partial charge is 0.282 e. The summed E-state index contributed by atoms with van der Waals surface area (Å²) in [4.78, 5) is 27.6. The standard InChI is InChI=1S/C25H20F2N2O5/c1-32-17-8-4-14(5-9-17)22-23(28-15-6-11-20(33-2)21(12-15)34-3)25(31)29(24(22)30)16-7-10-18(26)19(27)13-16/h4-13,28H,1-3H3. The van der Waals surface area contributed by atoms with Crippen molar-refractivity contribution in [2.75, 3.05) is 31.5 Å². The Morgan fingerprint density at radius 3 is 2.06 bits per heavy atom. The van der Waals surface area contributed by atoms with Crippen molar-refractivity contribution >= 4 is 28.8 Å². The molecule has 174 valence electrons. The van der Waals surface area contributed by atoms with Gasteiger partial charge in [-0.15, -0.1) is 0 Å². The molecule has 3 aromatic carbocycles. The van der Waals surface area contributed by atoms with E-state index in [1.165, 1.54) is 27.4 Å². The summed E-state index contributed by atoms with van der Waals surface area (Å²) in [5.41, 5.74) is 0.822. The number of anilines is 2. The van der Waals surface area contributed by atoms with Gasteiger partial charge in [0.15, 0.2) is 23.1 Å². The first-order chi connectivity index (χ1) is 16.4. The number of rotatable bonds is 7. The van der Waals surface area contributed by atoms with Crippen LogP contribution in [-0.2, 0) is 9.59 Å². The second kappa shape index (κ2) is 9.22. The summed E-state index contributed by atoms with van der Waals surface area (Å²) in [7, 11) is 4.47. The topological polar surface area (TPSA) is 77.1 Å². The van der Waals surface area contributed by atoms with Gasteiger partial charge in [0.05, 0.1) is 32.6 Å². The highest BCUT2D eigenvalue weighted by molar-refractivity contribution is 6.46. The number of hydrogen-bond acceptors (Lipinski definition) is 6. The minimum absolute atomic E-state index is 0.0351. The Bertz CT molecular complexity index is 1310. The molecule has 7 nitrogen and oxygen atoms in total. The minimum atomic E-state index is -1.18. The van der Waals surface area contributed by atoms with E-state index in [2.05, 4.69) is 5.32 Å². The lowest BCUT2D eigenvalue weighted by molar-refractivity contribution is -0.120. The molecule has 0 bridgehead atoms. The zero-order valence-electron chi connectivity index (χ0n) is 18.5. The van der Waals surface area contributed by atoms with E-state index in [1.807, 2.05) is 0 Å². The Morgan fingerprint density at radius 1 is 0.735 bits per heavy atom. The predicted molar refractivity (Wildman–Crippen MR) is 122 cm³/mol. The molecule has 0 unspecified atom stereocenters. The van der Waals surface area contributed by atoms with Crippen LogP contribution in [0.3, 0.4) is 0 Å². The molecule has 0 radical (unpaired) electrons. The summed E-state index contributed by atoms with van der Waals surface area (Å²) < 4.78 is 43.1. The van der Waals surface area contributed by atoms with Gasteiger partial charge in [0.25, 0.3) is 11.8 Å². The molecule has 0 aliphatic carbocycles. The highest BCUT2D eigenvalue weighted by atomic mass is 19.2. The molecule has 34 heavy (non-hydrogen) atoms. The van der Waals surface area contributed by atoms with Crippen molar-refractivity contribution in [2.45, 2.75) is 0 Å². The lowest BCUT2D eigenvalue weighted by Crippen LogP contribution is -2.32. The molecule has 1 aliphatic heterocycles. The molecule has 4 rings (SSSR count). The zero-order valence-corrected chi connectivity index (χ0v) is 18.5. The Kier molecular flexibility index (Phi) is 6.18. The Hall–Kier alpha value is -4.40. The molecule has 1 heterocycles. The minimum Gasteiger partial charge on any atom is -0.497 e. The monoisotopic (exact) mass is 466 g/mol. The van der Waals surface area contributed by atoms with Crippen LogP contribution in [0.4, 0.5) is 20.2 Å². The van der Waals surface area contributed by atoms with Crippen molar-refractivity contribution in [3.63, 3.8) is 0 Å². The number of nitrogens with one attached hydrogen (secondary N) is 1. The van der Waals surface area contributed by atoms with Gasteiger partial charge >= 0.3 is 0 Å². The molecular weight excluding hydrogens is 446 g/mol. The van der Waals surface area contributed by atoms with Crippen LogP contribution in [0.25, 0.3) is 5.57 Å². The fourth-order valence-corrected chi connectivity index (χ4v) is 3.59. The molecule has 0 fully saturated rings. The van der Waals surface area contributed by atoms with Gasteiger partial charge in [-0.05, 0) is 42.0 Å². The zero-order chi connectivity index (χ0) is 24.4. The number of methoxy groups -OCH3 is 3. The van der Waals surface area contributed by atoms with Gasteiger partial charge in [-0.3, -0.25) is 9.59 Å². The van der Waals surface area contributed by atoms with Gasteiger partial charge in [-0.1, -0.05) is 12.1 Å². The Labute approximate surface area is 194 Å². The number of carbonyl (C=O) groups excluding carboxylic acids is 2. The van der Waals surface area contributed by atoms with Crippen molar-refractivity contribution in [2.24, 2.45) is 0 Å². The Balaban J connectivity index is 1.81. The lowest BCUT2D eigenvalue weighted by Gasteiger charge is -2.16. The second-order valence-electron chi connectivity index (χ2n) is 7.22. The van der Waals surface area contributed by atoms with Crippen LogP contribution in [-0.4, -0.2) is 33.1 Å². The van der Waals surface area contributed by atoms with Crippen molar-refractivity contribution in [1.82, 2.24) is 0 Å². The van der Waals surface area contributed by atoms with Crippen LogP contribution in [0, 0.1) is 11.6 Å². The first kappa shape index (κ1) is 22.8. The molecule has 1 N–H and O–H groups in total. The van der Waals surface area contributed by atoms with Crippen LogP contribution in [0.2, 0.25) is 0 Å². The third kappa shape index (κ3) is 4.03. The molecular formula is C25H20F2N2O5. The molecule has 1 aliphatic rings. The molecule has 0 spiro atoms. The van der Waals surface area contributed by atoms with Gasteiger partial charge < -0.3 is 19.5 Å². The number of benzene rings is 3. The number of imide groups is 1. The van der Waals surface area contributed by atoms with Crippen LogP contribution in [0.5, 0.6) is 17.2 Å². The summed E-state index contributed by atoms with van der Waals surface area (Å²) in [5.74, 6) is -2.23. The average Bonchev–Trinajstić information content (AvgIpc) is 3.09. The first-order valence-electron chi connectivity index (χ1n) is 10.1. The molecule has 3 aromatic rings. The van der Waals surface area contributed by atoms with Gasteiger partial charge in [-0.2, -0.15) is 0 Å². The quantitative estimate of drug-likeness (QED) is 0.521. The van der Waals surface area contributed by atoms with Crippen molar-refractivity contribution in [3.8, 4) is 17.2 Å². The largest absolute Gasteiger partial charge is 0.497 e. The van der Waals surface area contributed by atoms with E-state index >= 15 is 0 Å². The SMILES string of the molecule is COc1ccc(C2=C(Nc3ccc(OC)c(OC)c3)C(=O)N(c3ccc(F)c(F)c3)C2=O)cc1. The fourth-order valence-electron chi connectivity index (χ4n) is 3.59. The second-order valence-corrected chi connectivity index (χ2v) is 7.22. The number of hydrogen-bond donors (Lipinski definition) is 1. The van der Waals surface area contributed by atoms with Gasteiger partial charge in [0.1, 0.15) is 11.4 Å². The van der Waals surface area contributed by atoms with Gasteiger partial charge in [0, 0.05) is 17.8 Å². The summed E-state index contributed by atoms with van der Waals surface area (Å²) in [6, 6.07) is 14.3. The fraction of sp³-hybridized carbons (Fsp3) is 0.120. The van der Waals surface area contributed by atoms with E-state index in [-0.39, 0.29) is 17.0 Å². The first-order valence-corrected chi connectivity index (χ1v) is 10.1. The molecule has 2 amide bonds. The number of halogens is 2. The number of carbonyl (C=O) groups is 2. The third-order valence-electron chi connectivity index (χ3n) is 5.28. The maximum atomic E-state index is 13.9. The maximum Gasteiger partial charge on any atom is 0.282 e.